The molecule has 0 unspecified atom stereocenters. The molecule has 0 amide bonds. The zero-order chi connectivity index (χ0) is 17.2. The fourth-order valence-corrected chi connectivity index (χ4v) is 2.89. The van der Waals surface area contributed by atoms with Gasteiger partial charge < -0.3 is 0 Å². The van der Waals surface area contributed by atoms with Crippen molar-refractivity contribution in [3.05, 3.63) is 95.1 Å². The second kappa shape index (κ2) is 6.71. The fraction of sp³-hybridized carbons (Fsp3) is 0. The predicted molar refractivity (Wildman–Crippen MR) is 101 cm³/mol. The molecule has 3 aromatic carbocycles. The first kappa shape index (κ1) is 15.9. The van der Waals surface area contributed by atoms with Crippen LogP contribution in [0.25, 0.3) is 22.6 Å². The highest BCUT2D eigenvalue weighted by molar-refractivity contribution is 6.30. The first-order chi connectivity index (χ1) is 12.2. The third-order valence-electron chi connectivity index (χ3n) is 3.89. The smallest absolute Gasteiger partial charge is 0.101 e. The van der Waals surface area contributed by atoms with Crippen LogP contribution in [0.2, 0.25) is 10.0 Å². The largest absolute Gasteiger partial charge is 0.204 e. The molecule has 0 bridgehead atoms. The molecule has 3 nitrogen and oxygen atoms in total. The molecule has 0 N–H and O–H groups in total. The summed E-state index contributed by atoms with van der Waals surface area (Å²) in [6.07, 6.45) is 2.01. The highest BCUT2D eigenvalue weighted by Crippen LogP contribution is 2.22. The zero-order valence-corrected chi connectivity index (χ0v) is 14.7. The Kier molecular flexibility index (Phi) is 4.26. The first-order valence-electron chi connectivity index (χ1n) is 7.80. The van der Waals surface area contributed by atoms with Gasteiger partial charge in [-0.25, -0.2) is 0 Å². The topological polar surface area (TPSA) is 21.7 Å². The SMILES string of the molecule is Clc1ccc(-n2n[n+](-c3ccc(Cl)cc3)cc2-c2ccccc2)cc1. The second-order valence-electron chi connectivity index (χ2n) is 5.58. The summed E-state index contributed by atoms with van der Waals surface area (Å²) in [4.78, 5) is 0. The summed E-state index contributed by atoms with van der Waals surface area (Å²) < 4.78 is 3.74. The standard InChI is InChI=1S/C20H14Cl2N3/c21-16-6-10-18(11-7-16)24-14-20(15-4-2-1-3-5-15)25(23-24)19-12-8-17(22)9-13-19/h1-14H/q+1. The van der Waals surface area contributed by atoms with Crippen LogP contribution in [0.1, 0.15) is 0 Å². The Labute approximate surface area is 155 Å². The molecule has 25 heavy (non-hydrogen) atoms. The monoisotopic (exact) mass is 366 g/mol. The summed E-state index contributed by atoms with van der Waals surface area (Å²) in [6.45, 7) is 0. The molecule has 0 saturated heterocycles. The van der Waals surface area contributed by atoms with Gasteiger partial charge in [0.25, 0.3) is 0 Å². The summed E-state index contributed by atoms with van der Waals surface area (Å²) >= 11 is 12.0. The van der Waals surface area contributed by atoms with E-state index in [0.717, 1.165) is 22.6 Å². The average molecular weight is 367 g/mol. The van der Waals surface area contributed by atoms with E-state index in [4.69, 9.17) is 28.4 Å². The van der Waals surface area contributed by atoms with E-state index in [1.807, 2.05) is 82.3 Å². The normalized spacial score (nSPS) is 10.8. The van der Waals surface area contributed by atoms with E-state index in [2.05, 4.69) is 12.1 Å². The molecular weight excluding hydrogens is 353 g/mol. The molecule has 0 fully saturated rings. The maximum atomic E-state index is 6.02. The second-order valence-corrected chi connectivity index (χ2v) is 6.45. The van der Waals surface area contributed by atoms with Crippen molar-refractivity contribution in [3.8, 4) is 22.6 Å². The molecule has 0 aliphatic rings. The van der Waals surface area contributed by atoms with Gasteiger partial charge in [-0.2, -0.15) is 0 Å². The zero-order valence-electron chi connectivity index (χ0n) is 13.2. The number of hydrogen-bond acceptors (Lipinski definition) is 1. The van der Waals surface area contributed by atoms with E-state index in [9.17, 15) is 0 Å². The predicted octanol–water partition coefficient (Wildman–Crippen LogP) is 5.12. The number of rotatable bonds is 3. The van der Waals surface area contributed by atoms with Crippen LogP contribution in [0.15, 0.2) is 85.1 Å². The van der Waals surface area contributed by atoms with Crippen LogP contribution in [0, 0.1) is 0 Å². The lowest BCUT2D eigenvalue weighted by Crippen LogP contribution is -2.32. The van der Waals surface area contributed by atoms with Gasteiger partial charge in [-0.15, -0.1) is 4.68 Å². The van der Waals surface area contributed by atoms with Crippen molar-refractivity contribution in [3.63, 3.8) is 0 Å². The molecule has 1 heterocycles. The maximum Gasteiger partial charge on any atom is 0.204 e. The van der Waals surface area contributed by atoms with E-state index in [1.54, 1.807) is 0 Å². The lowest BCUT2D eigenvalue weighted by atomic mass is 10.1. The van der Waals surface area contributed by atoms with Crippen LogP contribution in [-0.4, -0.2) is 9.90 Å². The van der Waals surface area contributed by atoms with Gasteiger partial charge in [0.05, 0.1) is 0 Å². The maximum absolute atomic E-state index is 6.02. The van der Waals surface area contributed by atoms with Crippen LogP contribution in [0.3, 0.4) is 0 Å². The van der Waals surface area contributed by atoms with E-state index in [-0.39, 0.29) is 0 Å². The summed E-state index contributed by atoms with van der Waals surface area (Å²) in [5.74, 6) is 0. The summed E-state index contributed by atoms with van der Waals surface area (Å²) in [5, 5.41) is 6.13. The van der Waals surface area contributed by atoms with Crippen molar-refractivity contribution in [1.82, 2.24) is 9.90 Å². The van der Waals surface area contributed by atoms with Crippen molar-refractivity contribution in [2.75, 3.05) is 0 Å². The van der Waals surface area contributed by atoms with Gasteiger partial charge in [-0.05, 0) is 48.5 Å². The molecule has 0 radical (unpaired) electrons. The van der Waals surface area contributed by atoms with E-state index in [1.165, 1.54) is 0 Å². The van der Waals surface area contributed by atoms with Crippen molar-refractivity contribution >= 4 is 23.2 Å². The van der Waals surface area contributed by atoms with Crippen LogP contribution < -0.4 is 4.68 Å². The lowest BCUT2D eigenvalue weighted by Gasteiger charge is -1.99. The van der Waals surface area contributed by atoms with Gasteiger partial charge in [0.1, 0.15) is 5.21 Å². The van der Waals surface area contributed by atoms with Gasteiger partial charge in [0.15, 0.2) is 17.6 Å². The van der Waals surface area contributed by atoms with Gasteiger partial charge in [0.2, 0.25) is 5.69 Å². The lowest BCUT2D eigenvalue weighted by molar-refractivity contribution is -0.660. The van der Waals surface area contributed by atoms with Crippen molar-refractivity contribution in [1.29, 1.82) is 0 Å². The molecule has 4 aromatic rings. The van der Waals surface area contributed by atoms with Gasteiger partial charge in [0, 0.05) is 15.6 Å². The molecule has 0 aliphatic carbocycles. The third kappa shape index (κ3) is 3.29. The molecule has 0 atom stereocenters. The average Bonchev–Trinajstić information content (AvgIpc) is 3.09. The molecular formula is C20H14Cl2N3+. The third-order valence-corrected chi connectivity index (χ3v) is 4.39. The van der Waals surface area contributed by atoms with E-state index >= 15 is 0 Å². The van der Waals surface area contributed by atoms with Crippen LogP contribution in [0.5, 0.6) is 0 Å². The van der Waals surface area contributed by atoms with E-state index in [0.29, 0.717) is 10.0 Å². The number of aromatic nitrogens is 3. The summed E-state index contributed by atoms with van der Waals surface area (Å²) in [5.41, 5.74) is 3.95. The molecule has 0 saturated carbocycles. The van der Waals surface area contributed by atoms with Crippen LogP contribution >= 0.6 is 23.2 Å². The molecule has 1 aromatic heterocycles. The number of halogens is 2. The minimum atomic E-state index is 0.697. The van der Waals surface area contributed by atoms with Crippen molar-refractivity contribution in [2.45, 2.75) is 0 Å². The Hall–Kier alpha value is -2.62. The van der Waals surface area contributed by atoms with Gasteiger partial charge >= 0.3 is 0 Å². The molecule has 0 aliphatic heterocycles. The van der Waals surface area contributed by atoms with E-state index < -0.39 is 0 Å². The highest BCUT2D eigenvalue weighted by atomic mass is 35.5. The van der Waals surface area contributed by atoms with Crippen LogP contribution in [-0.2, 0) is 0 Å². The quantitative estimate of drug-likeness (QED) is 0.461. The molecule has 0 spiro atoms. The first-order valence-corrected chi connectivity index (χ1v) is 8.56. The Morgan fingerprint density at radius 2 is 1.32 bits per heavy atom. The minimum absolute atomic E-state index is 0.697. The Morgan fingerprint density at radius 3 is 1.96 bits per heavy atom. The number of nitrogens with zero attached hydrogens (tertiary/aromatic N) is 3. The van der Waals surface area contributed by atoms with Gasteiger partial charge in [-0.1, -0.05) is 58.2 Å². The Balaban J connectivity index is 1.89. The fourth-order valence-electron chi connectivity index (χ4n) is 2.64. The molecule has 122 valence electrons. The summed E-state index contributed by atoms with van der Waals surface area (Å²) in [6, 6.07) is 25.4. The highest BCUT2D eigenvalue weighted by Gasteiger charge is 2.20. The Morgan fingerprint density at radius 1 is 0.720 bits per heavy atom. The molecule has 5 heteroatoms. The van der Waals surface area contributed by atoms with Crippen molar-refractivity contribution < 1.29 is 4.68 Å². The van der Waals surface area contributed by atoms with Crippen molar-refractivity contribution in [2.24, 2.45) is 0 Å². The Bertz CT molecular complexity index is 992. The summed E-state index contributed by atoms with van der Waals surface area (Å²) in [7, 11) is 0. The van der Waals surface area contributed by atoms with Crippen LogP contribution in [0.4, 0.5) is 0 Å². The number of hydrogen-bond donors (Lipinski definition) is 0. The molecule has 4 rings (SSSR count). The minimum Gasteiger partial charge on any atom is -0.101 e. The van der Waals surface area contributed by atoms with Gasteiger partial charge in [-0.3, -0.25) is 0 Å². The number of benzene rings is 3.